The third-order valence-corrected chi connectivity index (χ3v) is 6.44. The Bertz CT molecular complexity index is 1060. The maximum absolute atomic E-state index is 12.8. The Balaban J connectivity index is 1.33. The zero-order chi connectivity index (χ0) is 21.9. The number of nitrogens with one attached hydrogen (secondary N) is 1. The maximum atomic E-state index is 12.8. The van der Waals surface area contributed by atoms with Gasteiger partial charge in [0.2, 0.25) is 0 Å². The summed E-state index contributed by atoms with van der Waals surface area (Å²) < 4.78 is 0. The maximum Gasteiger partial charge on any atom is 0.255 e. The van der Waals surface area contributed by atoms with E-state index in [1.54, 1.807) is 0 Å². The summed E-state index contributed by atoms with van der Waals surface area (Å²) in [5, 5.41) is 3.19. The van der Waals surface area contributed by atoms with E-state index in [9.17, 15) is 4.79 Å². The summed E-state index contributed by atoms with van der Waals surface area (Å²) in [6.45, 7) is 5.76. The lowest BCUT2D eigenvalue weighted by Gasteiger charge is -2.42. The number of hydrogen-bond acceptors (Lipinski definition) is 5. The molecule has 1 saturated heterocycles. The molecule has 1 atom stereocenters. The van der Waals surface area contributed by atoms with Crippen LogP contribution in [0.2, 0.25) is 0 Å². The summed E-state index contributed by atoms with van der Waals surface area (Å²) in [5.41, 5.74) is 10.9. The second kappa shape index (κ2) is 8.93. The van der Waals surface area contributed by atoms with Gasteiger partial charge in [0.25, 0.3) is 5.91 Å². The smallest absolute Gasteiger partial charge is 0.255 e. The van der Waals surface area contributed by atoms with Crippen LogP contribution in [0.1, 0.15) is 22.1 Å². The van der Waals surface area contributed by atoms with Crippen LogP contribution >= 0.6 is 0 Å². The number of carbonyl (C=O) groups is 1. The van der Waals surface area contributed by atoms with Gasteiger partial charge in [-0.2, -0.15) is 0 Å². The molecular weight excluding hydrogens is 398 g/mol. The lowest BCUT2D eigenvalue weighted by molar-refractivity contribution is 0.0925. The Labute approximate surface area is 189 Å². The molecule has 3 aromatic carbocycles. The molecule has 6 nitrogen and oxygen atoms in total. The number of nitrogens with two attached hydrogens (primary N) is 1. The molecule has 1 amide bonds. The van der Waals surface area contributed by atoms with Gasteiger partial charge in [-0.25, -0.2) is 0 Å². The summed E-state index contributed by atoms with van der Waals surface area (Å²) >= 11 is 0. The molecule has 1 fully saturated rings. The van der Waals surface area contributed by atoms with Crippen molar-refractivity contribution in [3.8, 4) is 0 Å². The van der Waals surface area contributed by atoms with E-state index < -0.39 is 0 Å². The molecule has 0 bridgehead atoms. The number of fused-ring (bicyclic) bond motifs is 1. The standard InChI is InChI=1S/C26H29N5O/c27-23-13-7-12-22-24(23)31(25(28-26(22)32)20-8-3-1-4-9-20)19-16-29-14-17-30(18-15-29)21-10-5-2-6-11-21/h1-13,25H,14-19,27H2,(H,28,32). The summed E-state index contributed by atoms with van der Waals surface area (Å²) in [6.07, 6.45) is -0.230. The zero-order valence-corrected chi connectivity index (χ0v) is 18.2. The highest BCUT2D eigenvalue weighted by molar-refractivity contribution is 6.04. The Morgan fingerprint density at radius 3 is 2.22 bits per heavy atom. The predicted octanol–water partition coefficient (Wildman–Crippen LogP) is 3.34. The molecule has 0 spiro atoms. The van der Waals surface area contributed by atoms with Gasteiger partial charge in [0, 0.05) is 45.0 Å². The van der Waals surface area contributed by atoms with Crippen LogP contribution in [0, 0.1) is 0 Å². The van der Waals surface area contributed by atoms with Crippen molar-refractivity contribution in [2.45, 2.75) is 6.17 Å². The number of carbonyl (C=O) groups excluding carboxylic acids is 1. The number of piperazine rings is 1. The van der Waals surface area contributed by atoms with Crippen LogP contribution in [-0.2, 0) is 0 Å². The van der Waals surface area contributed by atoms with Gasteiger partial charge in [0.1, 0.15) is 6.17 Å². The molecule has 164 valence electrons. The van der Waals surface area contributed by atoms with Crippen LogP contribution in [0.5, 0.6) is 0 Å². The van der Waals surface area contributed by atoms with Crippen molar-refractivity contribution in [1.82, 2.24) is 10.2 Å². The Kier molecular flexibility index (Phi) is 5.69. The van der Waals surface area contributed by atoms with Crippen LogP contribution in [-0.4, -0.2) is 50.1 Å². The first kappa shape index (κ1) is 20.4. The number of nitrogen functional groups attached to an aromatic ring is 1. The van der Waals surface area contributed by atoms with E-state index in [1.165, 1.54) is 5.69 Å². The summed E-state index contributed by atoms with van der Waals surface area (Å²) in [6, 6.07) is 26.3. The van der Waals surface area contributed by atoms with Crippen molar-refractivity contribution in [1.29, 1.82) is 0 Å². The molecule has 5 rings (SSSR count). The van der Waals surface area contributed by atoms with E-state index in [-0.39, 0.29) is 12.1 Å². The van der Waals surface area contributed by atoms with Gasteiger partial charge < -0.3 is 20.9 Å². The monoisotopic (exact) mass is 427 g/mol. The minimum atomic E-state index is -0.230. The van der Waals surface area contributed by atoms with Gasteiger partial charge in [-0.1, -0.05) is 54.6 Å². The quantitative estimate of drug-likeness (QED) is 0.612. The average Bonchev–Trinajstić information content (AvgIpc) is 2.85. The third-order valence-electron chi connectivity index (χ3n) is 6.44. The van der Waals surface area contributed by atoms with Gasteiger partial charge in [-0.3, -0.25) is 9.69 Å². The van der Waals surface area contributed by atoms with Crippen molar-refractivity contribution < 1.29 is 4.79 Å². The van der Waals surface area contributed by atoms with Gasteiger partial charge in [0.05, 0.1) is 16.9 Å². The molecule has 2 aliphatic heterocycles. The molecule has 1 unspecified atom stereocenters. The van der Waals surface area contributed by atoms with E-state index in [1.807, 2.05) is 36.4 Å². The molecule has 6 heteroatoms. The van der Waals surface area contributed by atoms with Crippen molar-refractivity contribution in [2.24, 2.45) is 0 Å². The van der Waals surface area contributed by atoms with Gasteiger partial charge in [-0.05, 0) is 29.8 Å². The number of rotatable bonds is 5. The van der Waals surface area contributed by atoms with Gasteiger partial charge >= 0.3 is 0 Å². The lowest BCUT2D eigenvalue weighted by Crippen LogP contribution is -2.52. The van der Waals surface area contributed by atoms with Crippen molar-refractivity contribution in [2.75, 3.05) is 54.8 Å². The zero-order valence-electron chi connectivity index (χ0n) is 18.2. The highest BCUT2D eigenvalue weighted by Gasteiger charge is 2.33. The SMILES string of the molecule is Nc1cccc2c1N(CCN1CCN(c3ccccc3)CC1)C(c1ccccc1)NC2=O. The number of hydrogen-bond donors (Lipinski definition) is 2. The van der Waals surface area contributed by atoms with Crippen LogP contribution in [0.25, 0.3) is 0 Å². The minimum absolute atomic E-state index is 0.0751. The average molecular weight is 428 g/mol. The van der Waals surface area contributed by atoms with Crippen molar-refractivity contribution >= 4 is 23.0 Å². The van der Waals surface area contributed by atoms with E-state index in [2.05, 4.69) is 62.5 Å². The van der Waals surface area contributed by atoms with E-state index >= 15 is 0 Å². The second-order valence-corrected chi connectivity index (χ2v) is 8.39. The van der Waals surface area contributed by atoms with Crippen LogP contribution in [0.15, 0.2) is 78.9 Å². The Morgan fingerprint density at radius 2 is 1.50 bits per heavy atom. The van der Waals surface area contributed by atoms with E-state index in [4.69, 9.17) is 5.73 Å². The molecule has 0 saturated carbocycles. The second-order valence-electron chi connectivity index (χ2n) is 8.39. The first-order valence-electron chi connectivity index (χ1n) is 11.2. The highest BCUT2D eigenvalue weighted by atomic mass is 16.2. The Morgan fingerprint density at radius 1 is 0.812 bits per heavy atom. The fraction of sp³-hybridized carbons (Fsp3) is 0.269. The topological polar surface area (TPSA) is 64.8 Å². The largest absolute Gasteiger partial charge is 0.397 e. The van der Waals surface area contributed by atoms with Gasteiger partial charge in [0.15, 0.2) is 0 Å². The molecule has 3 N–H and O–H groups in total. The summed E-state index contributed by atoms with van der Waals surface area (Å²) in [4.78, 5) is 20.0. The first-order valence-corrected chi connectivity index (χ1v) is 11.2. The fourth-order valence-corrected chi connectivity index (χ4v) is 4.73. The molecule has 2 aliphatic rings. The molecule has 32 heavy (non-hydrogen) atoms. The molecule has 0 aromatic heterocycles. The first-order chi connectivity index (χ1) is 15.7. The van der Waals surface area contributed by atoms with Crippen molar-refractivity contribution in [3.05, 3.63) is 90.0 Å². The lowest BCUT2D eigenvalue weighted by atomic mass is 10.0. The number of benzene rings is 3. The van der Waals surface area contributed by atoms with Crippen LogP contribution < -0.4 is 20.9 Å². The fourth-order valence-electron chi connectivity index (χ4n) is 4.73. The third kappa shape index (κ3) is 4.01. The van der Waals surface area contributed by atoms with Crippen molar-refractivity contribution in [3.63, 3.8) is 0 Å². The number of para-hydroxylation sites is 2. The molecular formula is C26H29N5O. The molecule has 0 radical (unpaired) electrons. The number of nitrogens with zero attached hydrogens (tertiary/aromatic N) is 3. The van der Waals surface area contributed by atoms with E-state index in [0.717, 1.165) is 50.5 Å². The van der Waals surface area contributed by atoms with E-state index in [0.29, 0.717) is 11.3 Å². The Hall–Kier alpha value is -3.51. The number of amides is 1. The molecule has 2 heterocycles. The normalized spacial score (nSPS) is 18.9. The summed E-state index contributed by atoms with van der Waals surface area (Å²) in [5.74, 6) is -0.0751. The minimum Gasteiger partial charge on any atom is -0.397 e. The molecule has 0 aliphatic carbocycles. The van der Waals surface area contributed by atoms with Crippen LogP contribution in [0.3, 0.4) is 0 Å². The number of anilines is 3. The highest BCUT2D eigenvalue weighted by Crippen LogP contribution is 2.37. The van der Waals surface area contributed by atoms with Gasteiger partial charge in [-0.15, -0.1) is 0 Å². The van der Waals surface area contributed by atoms with Crippen LogP contribution in [0.4, 0.5) is 17.1 Å². The molecule has 3 aromatic rings. The predicted molar refractivity (Wildman–Crippen MR) is 130 cm³/mol. The summed E-state index contributed by atoms with van der Waals surface area (Å²) in [7, 11) is 0.